The van der Waals surface area contributed by atoms with E-state index in [1.165, 1.54) is 6.92 Å². The Bertz CT molecular complexity index is 621. The molecule has 2 amide bonds. The number of carboxylic acids is 1. The van der Waals surface area contributed by atoms with E-state index in [1.807, 2.05) is 6.07 Å². The maximum absolute atomic E-state index is 11.9. The molecule has 1 N–H and O–H groups in total. The van der Waals surface area contributed by atoms with Gasteiger partial charge in [0, 0.05) is 26.1 Å². The summed E-state index contributed by atoms with van der Waals surface area (Å²) >= 11 is 0. The third kappa shape index (κ3) is 6.42. The van der Waals surface area contributed by atoms with Crippen LogP contribution in [0.25, 0.3) is 0 Å². The van der Waals surface area contributed by atoms with Gasteiger partial charge in [0.25, 0.3) is 5.91 Å². The van der Waals surface area contributed by atoms with E-state index >= 15 is 0 Å². The number of rotatable bonds is 7. The van der Waals surface area contributed by atoms with Crippen molar-refractivity contribution < 1.29 is 19.5 Å². The molecule has 0 aromatic heterocycles. The molecule has 1 rings (SSSR count). The molecule has 0 bridgehead atoms. The van der Waals surface area contributed by atoms with E-state index < -0.39 is 11.9 Å². The lowest BCUT2D eigenvalue weighted by molar-refractivity contribution is -0.130. The molecule has 0 heterocycles. The van der Waals surface area contributed by atoms with Crippen molar-refractivity contribution in [2.75, 3.05) is 14.1 Å². The number of carboxylic acid groups (broad SMARTS) is 1. The fourth-order valence-electron chi connectivity index (χ4n) is 1.95. The van der Waals surface area contributed by atoms with Crippen LogP contribution in [-0.4, -0.2) is 47.6 Å². The van der Waals surface area contributed by atoms with E-state index in [1.54, 1.807) is 37.2 Å². The predicted molar refractivity (Wildman–Crippen MR) is 87.8 cm³/mol. The van der Waals surface area contributed by atoms with Crippen molar-refractivity contribution in [3.8, 4) is 0 Å². The van der Waals surface area contributed by atoms with Crippen molar-refractivity contribution >= 4 is 23.5 Å². The molecule has 0 aliphatic carbocycles. The normalized spacial score (nSPS) is 11.2. The van der Waals surface area contributed by atoms with Crippen LogP contribution in [0, 0.1) is 0 Å². The minimum atomic E-state index is -1.21. The molecule has 124 valence electrons. The largest absolute Gasteiger partial charge is 0.477 e. The van der Waals surface area contributed by atoms with Crippen LogP contribution in [0.1, 0.15) is 42.1 Å². The second-order valence-electron chi connectivity index (χ2n) is 5.50. The maximum atomic E-state index is 11.9. The molecule has 0 fully saturated rings. The van der Waals surface area contributed by atoms with Crippen LogP contribution in [0.3, 0.4) is 0 Å². The van der Waals surface area contributed by atoms with E-state index in [9.17, 15) is 14.4 Å². The summed E-state index contributed by atoms with van der Waals surface area (Å²) in [6, 6.07) is 6.98. The lowest BCUT2D eigenvalue weighted by Crippen LogP contribution is -2.21. The molecule has 0 spiro atoms. The third-order valence-electron chi connectivity index (χ3n) is 3.36. The van der Waals surface area contributed by atoms with Gasteiger partial charge in [-0.15, -0.1) is 0 Å². The van der Waals surface area contributed by atoms with Crippen LogP contribution in [-0.2, 0) is 16.0 Å². The number of benzene rings is 1. The Balaban J connectivity index is 2.60. The quantitative estimate of drug-likeness (QED) is 0.616. The maximum Gasteiger partial charge on any atom is 0.350 e. The number of nitrogens with zero attached hydrogens (tertiary/aromatic N) is 2. The number of hydrogen-bond donors (Lipinski definition) is 1. The van der Waals surface area contributed by atoms with Crippen LogP contribution < -0.4 is 0 Å². The molecular formula is C17H22N2O4. The second kappa shape index (κ2) is 8.82. The van der Waals surface area contributed by atoms with Gasteiger partial charge in [0.15, 0.2) is 0 Å². The standard InChI is InChI=1S/C17H22N2O4/c1-12(17(22)23)18-16(21)14-9-6-8-13(11-14)7-4-5-10-15(20)19(2)3/h6,8-9,11H,4-5,7,10H2,1-3H3,(H,22,23)/b18-12+. The first-order valence-electron chi connectivity index (χ1n) is 7.43. The highest BCUT2D eigenvalue weighted by Crippen LogP contribution is 2.11. The van der Waals surface area contributed by atoms with E-state index in [0.717, 1.165) is 24.8 Å². The van der Waals surface area contributed by atoms with Crippen molar-refractivity contribution in [2.45, 2.75) is 32.6 Å². The highest BCUT2D eigenvalue weighted by molar-refractivity contribution is 6.36. The summed E-state index contributed by atoms with van der Waals surface area (Å²) in [6.07, 6.45) is 2.89. The Labute approximate surface area is 135 Å². The van der Waals surface area contributed by atoms with Crippen LogP contribution in [0.4, 0.5) is 0 Å². The average molecular weight is 318 g/mol. The van der Waals surface area contributed by atoms with E-state index in [4.69, 9.17) is 5.11 Å². The van der Waals surface area contributed by atoms with E-state index in [-0.39, 0.29) is 11.6 Å². The van der Waals surface area contributed by atoms with Crippen molar-refractivity contribution in [3.63, 3.8) is 0 Å². The number of carbonyl (C=O) groups is 3. The summed E-state index contributed by atoms with van der Waals surface area (Å²) in [7, 11) is 3.47. The molecule has 0 unspecified atom stereocenters. The van der Waals surface area contributed by atoms with Crippen molar-refractivity contribution in [2.24, 2.45) is 4.99 Å². The molecule has 0 radical (unpaired) electrons. The summed E-state index contributed by atoms with van der Waals surface area (Å²) < 4.78 is 0. The van der Waals surface area contributed by atoms with Gasteiger partial charge in [0.05, 0.1) is 0 Å². The van der Waals surface area contributed by atoms with E-state index in [2.05, 4.69) is 4.99 Å². The number of aryl methyl sites for hydroxylation is 1. The molecule has 6 nitrogen and oxygen atoms in total. The number of aliphatic carboxylic acids is 1. The zero-order valence-corrected chi connectivity index (χ0v) is 13.7. The van der Waals surface area contributed by atoms with Crippen LogP contribution in [0.15, 0.2) is 29.3 Å². The molecule has 1 aromatic carbocycles. The highest BCUT2D eigenvalue weighted by atomic mass is 16.4. The minimum Gasteiger partial charge on any atom is -0.477 e. The molecule has 0 aliphatic rings. The van der Waals surface area contributed by atoms with Gasteiger partial charge in [0.2, 0.25) is 5.91 Å². The SMILES string of the molecule is C/C(=N\C(=O)c1cccc(CCCCC(=O)N(C)C)c1)C(=O)O. The smallest absolute Gasteiger partial charge is 0.350 e. The fraction of sp³-hybridized carbons (Fsp3) is 0.412. The Morgan fingerprint density at radius 1 is 1.17 bits per heavy atom. The molecule has 23 heavy (non-hydrogen) atoms. The minimum absolute atomic E-state index is 0.104. The molecule has 0 saturated carbocycles. The van der Waals surface area contributed by atoms with Gasteiger partial charge < -0.3 is 10.0 Å². The van der Waals surface area contributed by atoms with Gasteiger partial charge in [-0.1, -0.05) is 12.1 Å². The Morgan fingerprint density at radius 3 is 2.48 bits per heavy atom. The number of carbonyl (C=O) groups excluding carboxylic acids is 2. The zero-order valence-electron chi connectivity index (χ0n) is 13.7. The summed E-state index contributed by atoms with van der Waals surface area (Å²) in [5.41, 5.74) is 1.10. The topological polar surface area (TPSA) is 87.0 Å². The monoisotopic (exact) mass is 318 g/mol. The first-order valence-corrected chi connectivity index (χ1v) is 7.43. The lowest BCUT2D eigenvalue weighted by atomic mass is 10.0. The lowest BCUT2D eigenvalue weighted by Gasteiger charge is -2.09. The average Bonchev–Trinajstić information content (AvgIpc) is 2.51. The second-order valence-corrected chi connectivity index (χ2v) is 5.50. The highest BCUT2D eigenvalue weighted by Gasteiger charge is 2.09. The van der Waals surface area contributed by atoms with Crippen LogP contribution >= 0.6 is 0 Å². The fourth-order valence-corrected chi connectivity index (χ4v) is 1.95. The zero-order chi connectivity index (χ0) is 17.4. The van der Waals surface area contributed by atoms with Gasteiger partial charge in [-0.25, -0.2) is 9.79 Å². The third-order valence-corrected chi connectivity index (χ3v) is 3.36. The molecule has 0 saturated heterocycles. The van der Waals surface area contributed by atoms with Gasteiger partial charge >= 0.3 is 5.97 Å². The van der Waals surface area contributed by atoms with Crippen molar-refractivity contribution in [1.82, 2.24) is 4.90 Å². The van der Waals surface area contributed by atoms with Gasteiger partial charge in [-0.2, -0.15) is 0 Å². The predicted octanol–water partition coefficient (Wildman–Crippen LogP) is 2.17. The van der Waals surface area contributed by atoms with Crippen molar-refractivity contribution in [3.05, 3.63) is 35.4 Å². The van der Waals surface area contributed by atoms with E-state index in [0.29, 0.717) is 12.0 Å². The number of unbranched alkanes of at least 4 members (excludes halogenated alkanes) is 1. The number of hydrogen-bond acceptors (Lipinski definition) is 3. The van der Waals surface area contributed by atoms with Crippen molar-refractivity contribution in [1.29, 1.82) is 0 Å². The summed E-state index contributed by atoms with van der Waals surface area (Å²) in [4.78, 5) is 39.2. The Morgan fingerprint density at radius 2 is 1.87 bits per heavy atom. The summed E-state index contributed by atoms with van der Waals surface area (Å²) in [6.45, 7) is 1.28. The summed E-state index contributed by atoms with van der Waals surface area (Å²) in [5, 5.41) is 8.75. The molecular weight excluding hydrogens is 296 g/mol. The van der Waals surface area contributed by atoms with Crippen LogP contribution in [0.5, 0.6) is 0 Å². The van der Waals surface area contributed by atoms with Gasteiger partial charge in [-0.3, -0.25) is 9.59 Å². The molecule has 1 aromatic rings. The summed E-state index contributed by atoms with van der Waals surface area (Å²) in [5.74, 6) is -1.66. The van der Waals surface area contributed by atoms with Crippen LogP contribution in [0.2, 0.25) is 0 Å². The molecule has 6 heteroatoms. The number of amides is 2. The number of aliphatic imine (C=N–C) groups is 1. The molecule has 0 aliphatic heterocycles. The molecule has 0 atom stereocenters. The van der Waals surface area contributed by atoms with Gasteiger partial charge in [0.1, 0.15) is 5.71 Å². The first-order chi connectivity index (χ1) is 10.8. The first kappa shape index (κ1) is 18.5. The Hall–Kier alpha value is -2.50. The van der Waals surface area contributed by atoms with Gasteiger partial charge in [-0.05, 0) is 43.9 Å². The Kier molecular flexibility index (Phi) is 7.12.